The van der Waals surface area contributed by atoms with Crippen molar-refractivity contribution in [2.24, 2.45) is 0 Å². The zero-order valence-corrected chi connectivity index (χ0v) is 10.9. The fourth-order valence-electron chi connectivity index (χ4n) is 0.892. The van der Waals surface area contributed by atoms with Crippen LogP contribution in [0.1, 0.15) is 0 Å². The standard InChI is InChI=1S/C6H21N3Si2/c1-7-10(5)9(4)11(6)8(2)3/h7,10-11H,1-6H3. The van der Waals surface area contributed by atoms with Gasteiger partial charge >= 0.3 is 0 Å². The van der Waals surface area contributed by atoms with Crippen LogP contribution in [-0.2, 0) is 0 Å². The van der Waals surface area contributed by atoms with Gasteiger partial charge in [-0.3, -0.25) is 0 Å². The fraction of sp³-hybridized carbons (Fsp3) is 1.00. The van der Waals surface area contributed by atoms with E-state index >= 15 is 0 Å². The highest BCUT2D eigenvalue weighted by molar-refractivity contribution is 6.68. The Kier molecular flexibility index (Phi) is 5.19. The Morgan fingerprint density at radius 1 is 1.09 bits per heavy atom. The summed E-state index contributed by atoms with van der Waals surface area (Å²) in [4.78, 5) is 3.37. The van der Waals surface area contributed by atoms with Crippen LogP contribution in [0.3, 0.4) is 0 Å². The van der Waals surface area contributed by atoms with Gasteiger partial charge in [0.25, 0.3) is 0 Å². The second-order valence-corrected chi connectivity index (χ2v) is 9.68. The quantitative estimate of drug-likeness (QED) is 0.599. The van der Waals surface area contributed by atoms with E-state index < -0.39 is 18.2 Å². The fourth-order valence-corrected chi connectivity index (χ4v) is 5.86. The molecule has 0 radical (unpaired) electrons. The molecular weight excluding hydrogens is 170 g/mol. The van der Waals surface area contributed by atoms with Gasteiger partial charge in [0.15, 0.2) is 18.2 Å². The van der Waals surface area contributed by atoms with Crippen LogP contribution in [0.15, 0.2) is 0 Å². The first-order chi connectivity index (χ1) is 5.00. The van der Waals surface area contributed by atoms with Crippen LogP contribution in [0, 0.1) is 0 Å². The Morgan fingerprint density at radius 3 is 1.82 bits per heavy atom. The van der Waals surface area contributed by atoms with E-state index in [1.807, 2.05) is 0 Å². The Morgan fingerprint density at radius 2 is 1.55 bits per heavy atom. The van der Waals surface area contributed by atoms with Crippen molar-refractivity contribution < 1.29 is 0 Å². The van der Waals surface area contributed by atoms with Gasteiger partial charge in [-0.2, -0.15) is 0 Å². The van der Waals surface area contributed by atoms with Gasteiger partial charge in [0, 0.05) is 0 Å². The number of nitrogens with one attached hydrogen (secondary N) is 1. The largest absolute Gasteiger partial charge is 0.331 e. The molecule has 2 atom stereocenters. The summed E-state index contributed by atoms with van der Waals surface area (Å²) in [5, 5.41) is 0. The second kappa shape index (κ2) is 5.05. The molecule has 0 heterocycles. The highest BCUT2D eigenvalue weighted by Gasteiger charge is 2.18. The van der Waals surface area contributed by atoms with Gasteiger partial charge in [-0.15, -0.1) is 0 Å². The first-order valence-corrected chi connectivity index (χ1v) is 8.50. The van der Waals surface area contributed by atoms with E-state index in [0.29, 0.717) is 0 Å². The third-order valence-corrected chi connectivity index (χ3v) is 9.73. The Balaban J connectivity index is 3.90. The van der Waals surface area contributed by atoms with E-state index in [4.69, 9.17) is 0 Å². The minimum Gasteiger partial charge on any atom is -0.331 e. The van der Waals surface area contributed by atoms with Crippen LogP contribution in [0.25, 0.3) is 0 Å². The normalized spacial score (nSPS) is 17.5. The molecular formula is C6H21N3Si2. The molecule has 0 spiro atoms. The third kappa shape index (κ3) is 3.48. The van der Waals surface area contributed by atoms with Crippen molar-refractivity contribution in [1.29, 1.82) is 0 Å². The highest BCUT2D eigenvalue weighted by Crippen LogP contribution is 1.95. The topological polar surface area (TPSA) is 18.5 Å². The van der Waals surface area contributed by atoms with Crippen molar-refractivity contribution in [1.82, 2.24) is 13.8 Å². The molecule has 0 saturated carbocycles. The Bertz CT molecular complexity index is 110. The lowest BCUT2D eigenvalue weighted by Crippen LogP contribution is -2.56. The molecule has 5 heteroatoms. The predicted octanol–water partition coefficient (Wildman–Crippen LogP) is -0.600. The molecule has 0 saturated heterocycles. The van der Waals surface area contributed by atoms with Crippen molar-refractivity contribution in [3.8, 4) is 0 Å². The zero-order chi connectivity index (χ0) is 9.02. The summed E-state index contributed by atoms with van der Waals surface area (Å²) in [6.45, 7) is 4.69. The van der Waals surface area contributed by atoms with Crippen molar-refractivity contribution in [2.75, 3.05) is 28.2 Å². The molecule has 68 valence electrons. The van der Waals surface area contributed by atoms with Crippen molar-refractivity contribution in [2.45, 2.75) is 13.1 Å². The lowest BCUT2D eigenvalue weighted by molar-refractivity contribution is 0.574. The van der Waals surface area contributed by atoms with E-state index in [1.165, 1.54) is 0 Å². The first-order valence-electron chi connectivity index (χ1n) is 4.06. The summed E-state index contributed by atoms with van der Waals surface area (Å²) >= 11 is 0. The predicted molar refractivity (Wildman–Crippen MR) is 56.5 cm³/mol. The minimum atomic E-state index is -0.786. The van der Waals surface area contributed by atoms with Crippen LogP contribution in [0.2, 0.25) is 13.1 Å². The summed E-state index contributed by atoms with van der Waals surface area (Å²) in [6.07, 6.45) is 0. The Labute approximate surface area is 73.9 Å². The van der Waals surface area contributed by atoms with E-state index in [9.17, 15) is 0 Å². The zero-order valence-electron chi connectivity index (χ0n) is 8.55. The molecule has 0 aliphatic rings. The third-order valence-electron chi connectivity index (χ3n) is 2.37. The van der Waals surface area contributed by atoms with Crippen molar-refractivity contribution in [3.63, 3.8) is 0 Å². The SMILES string of the molecule is CN[SiH](C)N(C)[SiH](C)N(C)C. The lowest BCUT2D eigenvalue weighted by Gasteiger charge is -2.32. The molecule has 2 unspecified atom stereocenters. The molecule has 0 amide bonds. The average Bonchev–Trinajstić information content (AvgIpc) is 2.00. The molecule has 0 aliphatic heterocycles. The molecule has 0 aliphatic carbocycles. The van der Waals surface area contributed by atoms with Gasteiger partial charge in [0.2, 0.25) is 0 Å². The summed E-state index contributed by atoms with van der Waals surface area (Å²) in [6, 6.07) is 0. The molecule has 0 bridgehead atoms. The summed E-state index contributed by atoms with van der Waals surface area (Å²) < 4.78 is 4.92. The van der Waals surface area contributed by atoms with Crippen molar-refractivity contribution >= 4 is 18.2 Å². The second-order valence-electron chi connectivity index (χ2n) is 3.23. The van der Waals surface area contributed by atoms with Gasteiger partial charge in [0.1, 0.15) is 0 Å². The van der Waals surface area contributed by atoms with Crippen molar-refractivity contribution in [3.05, 3.63) is 0 Å². The average molecular weight is 191 g/mol. The lowest BCUT2D eigenvalue weighted by atomic mass is 11.3. The summed E-state index contributed by atoms with van der Waals surface area (Å²) in [5.74, 6) is 0. The molecule has 0 fully saturated rings. The maximum absolute atomic E-state index is 3.37. The highest BCUT2D eigenvalue weighted by atomic mass is 28.4. The monoisotopic (exact) mass is 191 g/mol. The maximum atomic E-state index is 3.37. The maximum Gasteiger partial charge on any atom is 0.180 e. The molecule has 1 N–H and O–H groups in total. The molecule has 0 rings (SSSR count). The van der Waals surface area contributed by atoms with Crippen LogP contribution in [0.4, 0.5) is 0 Å². The van der Waals surface area contributed by atoms with Crippen LogP contribution in [-0.4, -0.2) is 55.2 Å². The summed E-state index contributed by atoms with van der Waals surface area (Å²) in [5.41, 5.74) is 0. The van der Waals surface area contributed by atoms with Gasteiger partial charge in [-0.1, -0.05) is 0 Å². The number of nitrogens with zero attached hydrogens (tertiary/aromatic N) is 2. The molecule has 0 aromatic carbocycles. The molecule has 0 aromatic heterocycles. The Hall–Kier alpha value is 0.314. The van der Waals surface area contributed by atoms with Crippen LogP contribution >= 0.6 is 0 Å². The number of hydrogen-bond acceptors (Lipinski definition) is 3. The molecule has 0 aromatic rings. The molecule has 3 nitrogen and oxygen atoms in total. The van der Waals surface area contributed by atoms with E-state index in [1.54, 1.807) is 0 Å². The number of rotatable bonds is 4. The number of hydrogen-bond donors (Lipinski definition) is 1. The van der Waals surface area contributed by atoms with Crippen LogP contribution < -0.4 is 4.98 Å². The molecule has 11 heavy (non-hydrogen) atoms. The minimum absolute atomic E-state index is 0.779. The van der Waals surface area contributed by atoms with Gasteiger partial charge in [-0.05, 0) is 41.3 Å². The van der Waals surface area contributed by atoms with Crippen LogP contribution in [0.5, 0.6) is 0 Å². The van der Waals surface area contributed by atoms with E-state index in [-0.39, 0.29) is 0 Å². The summed E-state index contributed by atoms with van der Waals surface area (Å²) in [7, 11) is 7.08. The van der Waals surface area contributed by atoms with E-state index in [0.717, 1.165) is 0 Å². The van der Waals surface area contributed by atoms with E-state index in [2.05, 4.69) is 55.1 Å². The van der Waals surface area contributed by atoms with Gasteiger partial charge in [-0.25, -0.2) is 0 Å². The van der Waals surface area contributed by atoms with Gasteiger partial charge in [0.05, 0.1) is 0 Å². The first kappa shape index (κ1) is 11.3. The smallest absolute Gasteiger partial charge is 0.180 e. The van der Waals surface area contributed by atoms with Gasteiger partial charge < -0.3 is 13.8 Å².